The molecule has 1 aliphatic heterocycles. The van der Waals surface area contributed by atoms with Gasteiger partial charge < -0.3 is 0 Å². The highest BCUT2D eigenvalue weighted by molar-refractivity contribution is 5.24. The van der Waals surface area contributed by atoms with E-state index in [2.05, 4.69) is 23.6 Å². The molecule has 1 heterocycles. The summed E-state index contributed by atoms with van der Waals surface area (Å²) in [7, 11) is 0. The van der Waals surface area contributed by atoms with Crippen molar-refractivity contribution in [2.24, 2.45) is 0 Å². The molecule has 1 fully saturated rings. The zero-order valence-corrected chi connectivity index (χ0v) is 7.09. The Bertz CT molecular complexity index is 185. The Morgan fingerprint density at radius 3 is 2.73 bits per heavy atom. The minimum Gasteiger partial charge on any atom is -0.297 e. The summed E-state index contributed by atoms with van der Waals surface area (Å²) in [6.07, 6.45) is 8.13. The Morgan fingerprint density at radius 2 is 2.27 bits per heavy atom. The highest BCUT2D eigenvalue weighted by atomic mass is 15.2. The van der Waals surface area contributed by atoms with Crippen LogP contribution in [-0.2, 0) is 0 Å². The first-order valence-corrected chi connectivity index (χ1v) is 4.03. The first-order valence-electron chi connectivity index (χ1n) is 4.03. The van der Waals surface area contributed by atoms with Crippen molar-refractivity contribution >= 4 is 0 Å². The van der Waals surface area contributed by atoms with Gasteiger partial charge in [-0.1, -0.05) is 30.9 Å². The van der Waals surface area contributed by atoms with E-state index in [1.807, 2.05) is 19.1 Å². The third kappa shape index (κ3) is 3.19. The van der Waals surface area contributed by atoms with Gasteiger partial charge in [-0.05, 0) is 12.5 Å². The van der Waals surface area contributed by atoms with Crippen LogP contribution < -0.4 is 0 Å². The summed E-state index contributed by atoms with van der Waals surface area (Å²) in [5, 5.41) is 0. The second kappa shape index (κ2) is 4.14. The standard InChI is InChI=1S/C10H15N/c1-3-5-6-10(4-2)9-11-7-8-11/h3-6H,2,7-9H2,1H3/b5-3-,10-6+. The van der Waals surface area contributed by atoms with Crippen LogP contribution in [0.2, 0.25) is 0 Å². The van der Waals surface area contributed by atoms with Crippen molar-refractivity contribution < 1.29 is 0 Å². The van der Waals surface area contributed by atoms with Gasteiger partial charge >= 0.3 is 0 Å². The fraction of sp³-hybridized carbons (Fsp3) is 0.400. The molecule has 1 nitrogen and oxygen atoms in total. The highest BCUT2D eigenvalue weighted by Gasteiger charge is 2.16. The van der Waals surface area contributed by atoms with Crippen molar-refractivity contribution in [2.75, 3.05) is 19.6 Å². The van der Waals surface area contributed by atoms with Crippen molar-refractivity contribution in [3.05, 3.63) is 36.5 Å². The van der Waals surface area contributed by atoms with Gasteiger partial charge in [0.1, 0.15) is 0 Å². The smallest absolute Gasteiger partial charge is 0.0234 e. The van der Waals surface area contributed by atoms with Crippen LogP contribution in [0.3, 0.4) is 0 Å². The van der Waals surface area contributed by atoms with E-state index in [9.17, 15) is 0 Å². The zero-order valence-electron chi connectivity index (χ0n) is 7.09. The summed E-state index contributed by atoms with van der Waals surface area (Å²) >= 11 is 0. The molecule has 0 N–H and O–H groups in total. The topological polar surface area (TPSA) is 3.01 Å². The minimum absolute atomic E-state index is 1.06. The van der Waals surface area contributed by atoms with E-state index in [-0.39, 0.29) is 0 Å². The number of hydrogen-bond acceptors (Lipinski definition) is 1. The molecule has 0 unspecified atom stereocenters. The molecule has 11 heavy (non-hydrogen) atoms. The van der Waals surface area contributed by atoms with Gasteiger partial charge in [0.15, 0.2) is 0 Å². The van der Waals surface area contributed by atoms with Crippen molar-refractivity contribution in [3.8, 4) is 0 Å². The molecule has 0 radical (unpaired) electrons. The van der Waals surface area contributed by atoms with E-state index in [0.717, 1.165) is 6.54 Å². The first-order chi connectivity index (χ1) is 5.36. The Morgan fingerprint density at radius 1 is 1.55 bits per heavy atom. The molecule has 1 rings (SSSR count). The molecule has 0 spiro atoms. The van der Waals surface area contributed by atoms with Crippen LogP contribution in [0.15, 0.2) is 36.5 Å². The molecule has 0 aromatic carbocycles. The Balaban J connectivity index is 2.39. The fourth-order valence-corrected chi connectivity index (χ4v) is 0.892. The summed E-state index contributed by atoms with van der Waals surface area (Å²) in [6, 6.07) is 0. The highest BCUT2D eigenvalue weighted by Crippen LogP contribution is 2.08. The van der Waals surface area contributed by atoms with Crippen molar-refractivity contribution in [2.45, 2.75) is 6.92 Å². The lowest BCUT2D eigenvalue weighted by Crippen LogP contribution is -2.00. The van der Waals surface area contributed by atoms with Crippen molar-refractivity contribution in [1.29, 1.82) is 0 Å². The molecule has 0 bridgehead atoms. The van der Waals surface area contributed by atoms with Crippen LogP contribution in [0.25, 0.3) is 0 Å². The predicted molar refractivity (Wildman–Crippen MR) is 49.5 cm³/mol. The second-order valence-electron chi connectivity index (χ2n) is 2.75. The molecule has 0 aromatic rings. The Hall–Kier alpha value is -0.820. The van der Waals surface area contributed by atoms with Gasteiger partial charge in [-0.2, -0.15) is 0 Å². The summed E-state index contributed by atoms with van der Waals surface area (Å²) in [5.41, 5.74) is 1.31. The largest absolute Gasteiger partial charge is 0.297 e. The normalized spacial score (nSPS) is 19.2. The predicted octanol–water partition coefficient (Wildman–Crippen LogP) is 1.99. The number of allylic oxidation sites excluding steroid dienone is 3. The van der Waals surface area contributed by atoms with Crippen LogP contribution in [0, 0.1) is 0 Å². The molecule has 0 aliphatic carbocycles. The van der Waals surface area contributed by atoms with Gasteiger partial charge in [-0.3, -0.25) is 4.90 Å². The van der Waals surface area contributed by atoms with Gasteiger partial charge in [0.2, 0.25) is 0 Å². The van der Waals surface area contributed by atoms with E-state index in [0.29, 0.717) is 0 Å². The quantitative estimate of drug-likeness (QED) is 0.436. The molecule has 1 heteroatoms. The van der Waals surface area contributed by atoms with Crippen LogP contribution in [0.1, 0.15) is 6.92 Å². The summed E-state index contributed by atoms with van der Waals surface area (Å²) in [4.78, 5) is 2.37. The van der Waals surface area contributed by atoms with E-state index in [1.165, 1.54) is 18.7 Å². The number of rotatable bonds is 4. The lowest BCUT2D eigenvalue weighted by Gasteiger charge is -1.99. The summed E-state index contributed by atoms with van der Waals surface area (Å²) < 4.78 is 0. The Kier molecular flexibility index (Phi) is 3.12. The molecule has 0 aromatic heterocycles. The minimum atomic E-state index is 1.06. The maximum absolute atomic E-state index is 3.77. The van der Waals surface area contributed by atoms with E-state index >= 15 is 0 Å². The maximum atomic E-state index is 3.77. The molecule has 1 saturated heterocycles. The van der Waals surface area contributed by atoms with E-state index in [4.69, 9.17) is 0 Å². The molecule has 0 saturated carbocycles. The summed E-state index contributed by atoms with van der Waals surface area (Å²) in [5.74, 6) is 0. The van der Waals surface area contributed by atoms with Gasteiger partial charge in [0, 0.05) is 19.6 Å². The first kappa shape index (κ1) is 8.28. The lowest BCUT2D eigenvalue weighted by atomic mass is 10.2. The van der Waals surface area contributed by atoms with Crippen LogP contribution in [0.4, 0.5) is 0 Å². The third-order valence-corrected chi connectivity index (χ3v) is 1.71. The number of hydrogen-bond donors (Lipinski definition) is 0. The van der Waals surface area contributed by atoms with Crippen molar-refractivity contribution in [1.82, 2.24) is 4.90 Å². The molecular formula is C10H15N. The van der Waals surface area contributed by atoms with Crippen LogP contribution >= 0.6 is 0 Å². The zero-order chi connectivity index (χ0) is 8.10. The number of nitrogens with zero attached hydrogens (tertiary/aromatic N) is 1. The van der Waals surface area contributed by atoms with Gasteiger partial charge in [0.05, 0.1) is 0 Å². The van der Waals surface area contributed by atoms with E-state index < -0.39 is 0 Å². The maximum Gasteiger partial charge on any atom is 0.0234 e. The average molecular weight is 149 g/mol. The molecule has 0 atom stereocenters. The summed E-state index contributed by atoms with van der Waals surface area (Å²) in [6.45, 7) is 9.35. The van der Waals surface area contributed by atoms with E-state index in [1.54, 1.807) is 0 Å². The van der Waals surface area contributed by atoms with Crippen LogP contribution in [0.5, 0.6) is 0 Å². The molecule has 60 valence electrons. The van der Waals surface area contributed by atoms with Crippen molar-refractivity contribution in [3.63, 3.8) is 0 Å². The average Bonchev–Trinajstić information content (AvgIpc) is 2.81. The van der Waals surface area contributed by atoms with Crippen LogP contribution in [-0.4, -0.2) is 24.5 Å². The lowest BCUT2D eigenvalue weighted by molar-refractivity contribution is 0.617. The third-order valence-electron chi connectivity index (χ3n) is 1.71. The van der Waals surface area contributed by atoms with Gasteiger partial charge in [-0.25, -0.2) is 0 Å². The monoisotopic (exact) mass is 149 g/mol. The second-order valence-corrected chi connectivity index (χ2v) is 2.75. The molecule has 0 amide bonds. The fourth-order valence-electron chi connectivity index (χ4n) is 0.892. The molecular weight excluding hydrogens is 134 g/mol. The molecule has 1 aliphatic rings. The SMILES string of the molecule is C=C/C(=C\C=C/C)CN1CC1. The Labute approximate surface area is 68.7 Å². The van der Waals surface area contributed by atoms with Gasteiger partial charge in [-0.15, -0.1) is 0 Å². The van der Waals surface area contributed by atoms with Gasteiger partial charge in [0.25, 0.3) is 0 Å².